The summed E-state index contributed by atoms with van der Waals surface area (Å²) in [4.78, 5) is 27.3. The van der Waals surface area contributed by atoms with Crippen LogP contribution in [0.1, 0.15) is 49.7 Å². The number of nitrogens with two attached hydrogens (primary N) is 1. The molecule has 1 aliphatic heterocycles. The maximum Gasteiger partial charge on any atom is 0.247 e. The van der Waals surface area contributed by atoms with E-state index in [2.05, 4.69) is 41.3 Å². The Kier molecular flexibility index (Phi) is 11.3. The molecule has 1 atom stereocenters. The standard InChI is InChI=1S/C36H45N9O4S/c1-23-20-31(50(48,49)43-30-16-18-38-19-17-30)14-15-32(23)26-6-2-24(3-7-26)21-33(40-35(46)28-8-4-25(22-37)5-9-28)36(47)39-29-12-10-27(11-13-29)34-41-44-45-42-34/h2-3,6-7,10-15,20,25,28,30,33,38,43H,4-5,8-9,16-19,21-22,37H2,1H3,(H,39,47)(H,40,46)(H,41,42,44,45)/t25?,28?,33-/m0/s1. The van der Waals surface area contributed by atoms with Crippen molar-refractivity contribution in [3.05, 3.63) is 77.9 Å². The molecule has 1 saturated heterocycles. The largest absolute Gasteiger partial charge is 0.344 e. The number of rotatable bonds is 12. The third-order valence-corrected chi connectivity index (χ3v) is 11.3. The van der Waals surface area contributed by atoms with Crippen LogP contribution in [0.4, 0.5) is 5.69 Å². The normalized spacial score (nSPS) is 19.1. The number of aromatic amines is 1. The molecule has 2 amide bonds. The number of tetrazole rings is 1. The van der Waals surface area contributed by atoms with Crippen LogP contribution in [-0.2, 0) is 26.0 Å². The van der Waals surface area contributed by atoms with Crippen molar-refractivity contribution in [2.75, 3.05) is 25.0 Å². The Morgan fingerprint density at radius 1 is 0.920 bits per heavy atom. The molecule has 2 aliphatic rings. The third-order valence-electron chi connectivity index (χ3n) is 9.81. The van der Waals surface area contributed by atoms with E-state index in [0.29, 0.717) is 24.0 Å². The second-order valence-corrected chi connectivity index (χ2v) is 15.1. The first-order valence-corrected chi connectivity index (χ1v) is 18.7. The minimum atomic E-state index is -3.63. The number of hydrogen-bond acceptors (Lipinski definition) is 9. The fraction of sp³-hybridized carbons (Fsp3) is 0.417. The molecule has 0 radical (unpaired) electrons. The highest BCUT2D eigenvalue weighted by atomic mass is 32.2. The van der Waals surface area contributed by atoms with Crippen LogP contribution >= 0.6 is 0 Å². The number of amides is 2. The SMILES string of the molecule is Cc1cc(S(=O)(=O)NC2CCNCC2)ccc1-c1ccc(C[C@H](NC(=O)C2CCC(CN)CC2)C(=O)Nc2ccc(-c3nn[nH]n3)cc2)cc1. The highest BCUT2D eigenvalue weighted by Crippen LogP contribution is 2.29. The number of aryl methyl sites for hydroxylation is 1. The molecule has 0 bridgehead atoms. The van der Waals surface area contributed by atoms with Crippen LogP contribution in [0.5, 0.6) is 0 Å². The summed E-state index contributed by atoms with van der Waals surface area (Å²) in [6.45, 7) is 4.12. The molecule has 264 valence electrons. The first-order valence-electron chi connectivity index (χ1n) is 17.3. The van der Waals surface area contributed by atoms with Crippen molar-refractivity contribution in [2.24, 2.45) is 17.6 Å². The average molecular weight is 700 g/mol. The lowest BCUT2D eigenvalue weighted by Crippen LogP contribution is -2.48. The molecule has 0 unspecified atom stereocenters. The van der Waals surface area contributed by atoms with Crippen molar-refractivity contribution in [2.45, 2.75) is 68.8 Å². The van der Waals surface area contributed by atoms with Crippen LogP contribution in [0.2, 0.25) is 0 Å². The van der Waals surface area contributed by atoms with Gasteiger partial charge in [-0.25, -0.2) is 13.1 Å². The number of piperidine rings is 1. The highest BCUT2D eigenvalue weighted by Gasteiger charge is 2.30. The van der Waals surface area contributed by atoms with E-state index in [1.54, 1.807) is 36.4 Å². The van der Waals surface area contributed by atoms with Gasteiger partial charge in [0.05, 0.1) is 4.90 Å². The Labute approximate surface area is 292 Å². The number of nitrogens with zero attached hydrogens (tertiary/aromatic N) is 3. The van der Waals surface area contributed by atoms with Gasteiger partial charge in [0, 0.05) is 29.6 Å². The smallest absolute Gasteiger partial charge is 0.247 e. The summed E-state index contributed by atoms with van der Waals surface area (Å²) in [7, 11) is -3.63. The van der Waals surface area contributed by atoms with Gasteiger partial charge in [0.15, 0.2) is 0 Å². The lowest BCUT2D eigenvalue weighted by Gasteiger charge is -2.28. The molecular formula is C36H45N9O4S. The number of hydrogen-bond donors (Lipinski definition) is 6. The number of sulfonamides is 1. The molecule has 13 nitrogen and oxygen atoms in total. The quantitative estimate of drug-likeness (QED) is 0.129. The topological polar surface area (TPSA) is 197 Å². The number of nitrogens with one attached hydrogen (secondary N) is 5. The Morgan fingerprint density at radius 2 is 1.62 bits per heavy atom. The van der Waals surface area contributed by atoms with Crippen LogP contribution in [-0.4, -0.2) is 72.6 Å². The summed E-state index contributed by atoms with van der Waals surface area (Å²) < 4.78 is 29.0. The predicted octanol–water partition coefficient (Wildman–Crippen LogP) is 3.30. The number of carbonyl (C=O) groups is 2. The summed E-state index contributed by atoms with van der Waals surface area (Å²) in [6, 6.07) is 19.2. The number of anilines is 1. The summed E-state index contributed by atoms with van der Waals surface area (Å²) in [5.74, 6) is 0.282. The summed E-state index contributed by atoms with van der Waals surface area (Å²) in [6.07, 6.45) is 5.13. The van der Waals surface area contributed by atoms with Gasteiger partial charge in [-0.1, -0.05) is 30.3 Å². The lowest BCUT2D eigenvalue weighted by atomic mass is 9.81. The van der Waals surface area contributed by atoms with Crippen molar-refractivity contribution < 1.29 is 18.0 Å². The minimum absolute atomic E-state index is 0.0704. The molecule has 2 fully saturated rings. The minimum Gasteiger partial charge on any atom is -0.344 e. The molecule has 1 saturated carbocycles. The Balaban J connectivity index is 1.15. The first-order chi connectivity index (χ1) is 24.2. The van der Waals surface area contributed by atoms with E-state index in [-0.39, 0.29) is 35.1 Å². The van der Waals surface area contributed by atoms with Crippen LogP contribution in [0.15, 0.2) is 71.6 Å². The Morgan fingerprint density at radius 3 is 2.26 bits per heavy atom. The molecule has 0 spiro atoms. The predicted molar refractivity (Wildman–Crippen MR) is 191 cm³/mol. The van der Waals surface area contributed by atoms with E-state index in [1.807, 2.05) is 37.3 Å². The Bertz CT molecular complexity index is 1850. The van der Waals surface area contributed by atoms with Gasteiger partial charge in [-0.3, -0.25) is 9.59 Å². The fourth-order valence-corrected chi connectivity index (χ4v) is 8.18. The molecule has 50 heavy (non-hydrogen) atoms. The summed E-state index contributed by atoms with van der Waals surface area (Å²) in [5, 5.41) is 23.2. The van der Waals surface area contributed by atoms with Crippen LogP contribution in [0.3, 0.4) is 0 Å². The van der Waals surface area contributed by atoms with Gasteiger partial charge in [-0.05, 0) is 135 Å². The van der Waals surface area contributed by atoms with E-state index in [9.17, 15) is 18.0 Å². The molecule has 3 aromatic carbocycles. The molecule has 1 aromatic heterocycles. The van der Waals surface area contributed by atoms with Gasteiger partial charge in [0.2, 0.25) is 27.7 Å². The highest BCUT2D eigenvalue weighted by molar-refractivity contribution is 7.89. The van der Waals surface area contributed by atoms with Crippen molar-refractivity contribution in [3.8, 4) is 22.5 Å². The van der Waals surface area contributed by atoms with Gasteiger partial charge in [-0.2, -0.15) is 5.21 Å². The van der Waals surface area contributed by atoms with Crippen LogP contribution in [0.25, 0.3) is 22.5 Å². The summed E-state index contributed by atoms with van der Waals surface area (Å²) >= 11 is 0. The lowest BCUT2D eigenvalue weighted by molar-refractivity contribution is -0.130. The second-order valence-electron chi connectivity index (χ2n) is 13.3. The van der Waals surface area contributed by atoms with E-state index < -0.39 is 16.1 Å². The van der Waals surface area contributed by atoms with Gasteiger partial charge < -0.3 is 21.7 Å². The zero-order valence-electron chi connectivity index (χ0n) is 28.2. The number of H-pyrrole nitrogens is 1. The maximum absolute atomic E-state index is 13.7. The van der Waals surface area contributed by atoms with Gasteiger partial charge in [-0.15, -0.1) is 10.2 Å². The number of benzene rings is 3. The van der Waals surface area contributed by atoms with Crippen molar-refractivity contribution in [1.82, 2.24) is 36.0 Å². The van der Waals surface area contributed by atoms with E-state index in [0.717, 1.165) is 79.4 Å². The Hall–Kier alpha value is -4.50. The van der Waals surface area contributed by atoms with Gasteiger partial charge in [0.1, 0.15) is 6.04 Å². The van der Waals surface area contributed by atoms with Crippen molar-refractivity contribution in [1.29, 1.82) is 0 Å². The molecule has 7 N–H and O–H groups in total. The van der Waals surface area contributed by atoms with E-state index in [1.165, 1.54) is 0 Å². The van der Waals surface area contributed by atoms with E-state index in [4.69, 9.17) is 5.73 Å². The van der Waals surface area contributed by atoms with Crippen LogP contribution < -0.4 is 26.4 Å². The molecule has 1 aliphatic carbocycles. The first kappa shape index (κ1) is 35.3. The average Bonchev–Trinajstić information content (AvgIpc) is 3.68. The molecular weight excluding hydrogens is 655 g/mol. The van der Waals surface area contributed by atoms with Gasteiger partial charge >= 0.3 is 0 Å². The van der Waals surface area contributed by atoms with Crippen molar-refractivity contribution in [3.63, 3.8) is 0 Å². The molecule has 2 heterocycles. The number of aromatic nitrogens is 4. The monoisotopic (exact) mass is 699 g/mol. The summed E-state index contributed by atoms with van der Waals surface area (Å²) in [5.41, 5.74) is 10.7. The van der Waals surface area contributed by atoms with E-state index >= 15 is 0 Å². The second kappa shape index (κ2) is 16.0. The van der Waals surface area contributed by atoms with Crippen molar-refractivity contribution >= 4 is 27.5 Å². The zero-order chi connectivity index (χ0) is 35.1. The third kappa shape index (κ3) is 8.80. The zero-order valence-corrected chi connectivity index (χ0v) is 29.0. The molecule has 6 rings (SSSR count). The number of carbonyl (C=O) groups excluding carboxylic acids is 2. The van der Waals surface area contributed by atoms with Crippen LogP contribution in [0, 0.1) is 18.8 Å². The fourth-order valence-electron chi connectivity index (χ4n) is 6.79. The molecule has 14 heteroatoms. The molecule has 4 aromatic rings. The van der Waals surface area contributed by atoms with Gasteiger partial charge in [0.25, 0.3) is 0 Å². The maximum atomic E-state index is 13.7.